The van der Waals surface area contributed by atoms with E-state index >= 15 is 0 Å². The van der Waals surface area contributed by atoms with E-state index in [4.69, 9.17) is 4.74 Å². The molecule has 1 aliphatic rings. The normalized spacial score (nSPS) is 17.6. The van der Waals surface area contributed by atoms with Crippen molar-refractivity contribution in [2.45, 2.75) is 59.2 Å². The molecule has 1 fully saturated rings. The molecule has 7 heteroatoms. The molecule has 0 N–H and O–H groups in total. The second-order valence-corrected chi connectivity index (χ2v) is 8.93. The first-order valence-corrected chi connectivity index (χ1v) is 10.7. The molecule has 0 bridgehead atoms. The summed E-state index contributed by atoms with van der Waals surface area (Å²) in [5.41, 5.74) is 1.16. The van der Waals surface area contributed by atoms with Gasteiger partial charge in [0.1, 0.15) is 5.75 Å². The Morgan fingerprint density at radius 1 is 1.10 bits per heavy atom. The smallest absolute Gasteiger partial charge is 0.169 e. The van der Waals surface area contributed by atoms with Gasteiger partial charge in [0.15, 0.2) is 5.82 Å². The number of hydrogen-bond acceptors (Lipinski definition) is 6. The first kappa shape index (κ1) is 21.7. The van der Waals surface area contributed by atoms with Crippen LogP contribution < -0.4 is 4.74 Å². The number of tetrazole rings is 1. The fourth-order valence-corrected chi connectivity index (χ4v) is 4.12. The van der Waals surface area contributed by atoms with Crippen molar-refractivity contribution in [1.82, 2.24) is 30.0 Å². The van der Waals surface area contributed by atoms with Gasteiger partial charge in [-0.1, -0.05) is 39.0 Å². The number of benzene rings is 1. The van der Waals surface area contributed by atoms with E-state index in [1.54, 1.807) is 7.11 Å². The van der Waals surface area contributed by atoms with Crippen LogP contribution in [-0.4, -0.2) is 63.3 Å². The van der Waals surface area contributed by atoms with Crippen molar-refractivity contribution in [1.29, 1.82) is 0 Å². The SMILES string of the molecule is CCC(C)(C)n1nnnc1[C@@H](C(C)C)N1CCN(Cc2ccccc2OC)CC1. The van der Waals surface area contributed by atoms with Gasteiger partial charge in [-0.3, -0.25) is 9.80 Å². The van der Waals surface area contributed by atoms with Crippen molar-refractivity contribution in [3.63, 3.8) is 0 Å². The first-order chi connectivity index (χ1) is 13.9. The predicted molar refractivity (Wildman–Crippen MR) is 115 cm³/mol. The minimum atomic E-state index is -0.0857. The molecule has 3 rings (SSSR count). The van der Waals surface area contributed by atoms with Gasteiger partial charge in [0.05, 0.1) is 18.7 Å². The average Bonchev–Trinajstić information content (AvgIpc) is 3.20. The summed E-state index contributed by atoms with van der Waals surface area (Å²) in [6.07, 6.45) is 0.989. The lowest BCUT2D eigenvalue weighted by molar-refractivity contribution is 0.0628. The Bertz CT molecular complexity index is 779. The average molecular weight is 401 g/mol. The largest absolute Gasteiger partial charge is 0.496 e. The van der Waals surface area contributed by atoms with E-state index in [2.05, 4.69) is 72.1 Å². The first-order valence-electron chi connectivity index (χ1n) is 10.7. The molecule has 160 valence electrons. The van der Waals surface area contributed by atoms with Crippen molar-refractivity contribution in [3.05, 3.63) is 35.7 Å². The number of aromatic nitrogens is 4. The monoisotopic (exact) mass is 400 g/mol. The molecule has 2 aromatic rings. The van der Waals surface area contributed by atoms with Gasteiger partial charge in [0, 0.05) is 38.3 Å². The number of para-hydroxylation sites is 1. The molecule has 0 aliphatic carbocycles. The van der Waals surface area contributed by atoms with Crippen molar-refractivity contribution in [2.75, 3.05) is 33.3 Å². The van der Waals surface area contributed by atoms with Crippen LogP contribution in [0.25, 0.3) is 0 Å². The maximum atomic E-state index is 5.52. The summed E-state index contributed by atoms with van der Waals surface area (Å²) < 4.78 is 7.56. The molecule has 1 atom stereocenters. The Morgan fingerprint density at radius 3 is 2.41 bits per heavy atom. The summed E-state index contributed by atoms with van der Waals surface area (Å²) in [6, 6.07) is 8.52. The third-order valence-electron chi connectivity index (χ3n) is 6.21. The highest BCUT2D eigenvalue weighted by Gasteiger charge is 2.34. The highest BCUT2D eigenvalue weighted by atomic mass is 16.5. The quantitative estimate of drug-likeness (QED) is 0.677. The highest BCUT2D eigenvalue weighted by molar-refractivity contribution is 5.33. The zero-order valence-electron chi connectivity index (χ0n) is 18.8. The molecule has 0 unspecified atom stereocenters. The zero-order chi connectivity index (χ0) is 21.0. The summed E-state index contributed by atoms with van der Waals surface area (Å²) in [4.78, 5) is 5.06. The van der Waals surface area contributed by atoms with E-state index in [-0.39, 0.29) is 11.6 Å². The van der Waals surface area contributed by atoms with Gasteiger partial charge in [-0.05, 0) is 42.7 Å². The molecule has 7 nitrogen and oxygen atoms in total. The molecule has 0 amide bonds. The summed E-state index contributed by atoms with van der Waals surface area (Å²) in [7, 11) is 1.74. The number of methoxy groups -OCH3 is 1. The molecule has 1 aliphatic heterocycles. The molecular weight excluding hydrogens is 364 g/mol. The van der Waals surface area contributed by atoms with Crippen LogP contribution >= 0.6 is 0 Å². The molecule has 1 aromatic carbocycles. The van der Waals surface area contributed by atoms with Crippen LogP contribution in [-0.2, 0) is 12.1 Å². The van der Waals surface area contributed by atoms with Gasteiger partial charge < -0.3 is 4.74 Å². The molecule has 29 heavy (non-hydrogen) atoms. The van der Waals surface area contributed by atoms with Crippen LogP contribution in [0.1, 0.15) is 58.5 Å². The van der Waals surface area contributed by atoms with Crippen molar-refractivity contribution >= 4 is 0 Å². The fourth-order valence-electron chi connectivity index (χ4n) is 4.12. The topological polar surface area (TPSA) is 59.3 Å². The molecular formula is C22H36N6O. The molecule has 1 aromatic heterocycles. The molecule has 0 radical (unpaired) electrons. The Balaban J connectivity index is 1.71. The molecule has 0 spiro atoms. The van der Waals surface area contributed by atoms with Crippen LogP contribution in [0, 0.1) is 5.92 Å². The number of piperazine rings is 1. The fraction of sp³-hybridized carbons (Fsp3) is 0.682. The van der Waals surface area contributed by atoms with Crippen LogP contribution in [0.5, 0.6) is 5.75 Å². The van der Waals surface area contributed by atoms with E-state index in [1.807, 2.05) is 16.8 Å². The maximum Gasteiger partial charge on any atom is 0.169 e. The summed E-state index contributed by atoms with van der Waals surface area (Å²) in [5, 5.41) is 12.9. The minimum Gasteiger partial charge on any atom is -0.496 e. The van der Waals surface area contributed by atoms with Gasteiger partial charge in [0.25, 0.3) is 0 Å². The second-order valence-electron chi connectivity index (χ2n) is 8.93. The van der Waals surface area contributed by atoms with Gasteiger partial charge in [-0.2, -0.15) is 0 Å². The van der Waals surface area contributed by atoms with E-state index < -0.39 is 0 Å². The van der Waals surface area contributed by atoms with E-state index in [1.165, 1.54) is 5.56 Å². The van der Waals surface area contributed by atoms with Gasteiger partial charge >= 0.3 is 0 Å². The number of nitrogens with zero attached hydrogens (tertiary/aromatic N) is 6. The lowest BCUT2D eigenvalue weighted by Crippen LogP contribution is -2.49. The Morgan fingerprint density at radius 2 is 1.79 bits per heavy atom. The third-order valence-corrected chi connectivity index (χ3v) is 6.21. The lowest BCUT2D eigenvalue weighted by Gasteiger charge is -2.41. The second kappa shape index (κ2) is 9.22. The van der Waals surface area contributed by atoms with Gasteiger partial charge in [-0.25, -0.2) is 4.68 Å². The van der Waals surface area contributed by atoms with E-state index in [0.717, 1.165) is 50.7 Å². The van der Waals surface area contributed by atoms with Crippen molar-refractivity contribution in [3.8, 4) is 5.75 Å². The Labute approximate surface area is 175 Å². The van der Waals surface area contributed by atoms with E-state index in [9.17, 15) is 0 Å². The van der Waals surface area contributed by atoms with Gasteiger partial charge in [0.2, 0.25) is 0 Å². The summed E-state index contributed by atoms with van der Waals surface area (Å²) in [5.74, 6) is 2.40. The molecule has 2 heterocycles. The lowest BCUT2D eigenvalue weighted by atomic mass is 9.97. The number of rotatable bonds is 8. The zero-order valence-corrected chi connectivity index (χ0v) is 18.8. The van der Waals surface area contributed by atoms with Crippen LogP contribution in [0.2, 0.25) is 0 Å². The molecule has 0 saturated carbocycles. The summed E-state index contributed by atoms with van der Waals surface area (Å²) >= 11 is 0. The third kappa shape index (κ3) is 4.78. The summed E-state index contributed by atoms with van der Waals surface area (Å²) in [6.45, 7) is 16.1. The maximum absolute atomic E-state index is 5.52. The van der Waals surface area contributed by atoms with Crippen molar-refractivity contribution in [2.24, 2.45) is 5.92 Å². The Hall–Kier alpha value is -1.99. The van der Waals surface area contributed by atoms with Crippen LogP contribution in [0.4, 0.5) is 0 Å². The standard InChI is InChI=1S/C22H36N6O/c1-7-22(4,5)28-21(23-24-25-28)20(17(2)3)27-14-12-26(13-15-27)16-18-10-8-9-11-19(18)29-6/h8-11,17,20H,7,12-16H2,1-6H3/t20-/m1/s1. The number of ether oxygens (including phenoxy) is 1. The Kier molecular flexibility index (Phi) is 6.90. The van der Waals surface area contributed by atoms with Crippen LogP contribution in [0.15, 0.2) is 24.3 Å². The molecule has 1 saturated heterocycles. The number of hydrogen-bond donors (Lipinski definition) is 0. The predicted octanol–water partition coefficient (Wildman–Crippen LogP) is 3.34. The van der Waals surface area contributed by atoms with E-state index in [0.29, 0.717) is 5.92 Å². The minimum absolute atomic E-state index is 0.0857. The van der Waals surface area contributed by atoms with Crippen molar-refractivity contribution < 1.29 is 4.74 Å². The van der Waals surface area contributed by atoms with Gasteiger partial charge in [-0.15, -0.1) is 5.10 Å². The van der Waals surface area contributed by atoms with Crippen LogP contribution in [0.3, 0.4) is 0 Å². The highest BCUT2D eigenvalue weighted by Crippen LogP contribution is 2.31.